The van der Waals surface area contributed by atoms with E-state index in [9.17, 15) is 19.1 Å². The lowest BCUT2D eigenvalue weighted by Crippen LogP contribution is -2.20. The predicted octanol–water partition coefficient (Wildman–Crippen LogP) is 3.04. The lowest BCUT2D eigenvalue weighted by Gasteiger charge is -2.14. The highest BCUT2D eigenvalue weighted by Crippen LogP contribution is 2.32. The van der Waals surface area contributed by atoms with Gasteiger partial charge in [0.25, 0.3) is 0 Å². The summed E-state index contributed by atoms with van der Waals surface area (Å²) in [6, 6.07) is 6.33. The molecule has 0 bridgehead atoms. The third-order valence-corrected chi connectivity index (χ3v) is 4.41. The summed E-state index contributed by atoms with van der Waals surface area (Å²) in [5.41, 5.74) is -0.0831. The van der Waals surface area contributed by atoms with Crippen molar-refractivity contribution in [3.63, 3.8) is 0 Å². The van der Waals surface area contributed by atoms with Crippen LogP contribution in [0.5, 0.6) is 0 Å². The van der Waals surface area contributed by atoms with Crippen molar-refractivity contribution in [2.75, 3.05) is 0 Å². The highest BCUT2D eigenvalue weighted by atomic mass is 19.1. The Hall–Kier alpha value is -2.89. The van der Waals surface area contributed by atoms with E-state index in [-0.39, 0.29) is 10.9 Å². The zero-order valence-corrected chi connectivity index (χ0v) is 12.8. The molecule has 24 heavy (non-hydrogen) atoms. The van der Waals surface area contributed by atoms with Gasteiger partial charge in [-0.15, -0.1) is 0 Å². The molecule has 1 aromatic carbocycles. The minimum absolute atomic E-state index is 0.101. The monoisotopic (exact) mass is 326 g/mol. The van der Waals surface area contributed by atoms with Gasteiger partial charge in [0.05, 0.1) is 11.2 Å². The number of aromatic carboxylic acids is 1. The number of carboxylic acid groups (broad SMARTS) is 1. The Balaban J connectivity index is 2.02. The largest absolute Gasteiger partial charge is 0.477 e. The lowest BCUT2D eigenvalue weighted by molar-refractivity contribution is 0.0694. The van der Waals surface area contributed by atoms with E-state index in [4.69, 9.17) is 0 Å². The fraction of sp³-hybridized carbons (Fsp3) is 0.222. The molecule has 1 N–H and O–H groups in total. The Morgan fingerprint density at radius 1 is 1.25 bits per heavy atom. The number of carboxylic acids is 1. The number of nitrogens with zero attached hydrogens (tertiary/aromatic N) is 2. The highest BCUT2D eigenvalue weighted by molar-refractivity contribution is 5.93. The first-order chi connectivity index (χ1) is 11.5. The molecule has 0 atom stereocenters. The van der Waals surface area contributed by atoms with E-state index >= 15 is 0 Å². The van der Waals surface area contributed by atoms with Crippen LogP contribution in [-0.4, -0.2) is 20.2 Å². The van der Waals surface area contributed by atoms with Gasteiger partial charge in [-0.25, -0.2) is 9.18 Å². The molecule has 0 aliphatic heterocycles. The maximum absolute atomic E-state index is 14.5. The van der Waals surface area contributed by atoms with Gasteiger partial charge in [0.2, 0.25) is 5.43 Å². The van der Waals surface area contributed by atoms with E-state index in [1.54, 1.807) is 39.7 Å². The summed E-state index contributed by atoms with van der Waals surface area (Å²) in [7, 11) is 0. The maximum atomic E-state index is 14.5. The quantitative estimate of drug-likeness (QED) is 0.801. The minimum Gasteiger partial charge on any atom is -0.477 e. The number of aromatic nitrogens is 2. The van der Waals surface area contributed by atoms with Crippen LogP contribution in [0.4, 0.5) is 4.39 Å². The van der Waals surface area contributed by atoms with Crippen molar-refractivity contribution >= 4 is 16.9 Å². The molecular weight excluding hydrogens is 311 g/mol. The van der Waals surface area contributed by atoms with Gasteiger partial charge in [-0.2, -0.15) is 0 Å². The van der Waals surface area contributed by atoms with Crippen molar-refractivity contribution in [3.05, 3.63) is 64.5 Å². The molecule has 0 radical (unpaired) electrons. The van der Waals surface area contributed by atoms with E-state index in [0.29, 0.717) is 23.7 Å². The second-order valence-corrected chi connectivity index (χ2v) is 6.18. The highest BCUT2D eigenvalue weighted by Gasteiger charge is 2.24. The fourth-order valence-corrected chi connectivity index (χ4v) is 2.97. The molecule has 2 aromatic heterocycles. The van der Waals surface area contributed by atoms with Crippen LogP contribution in [-0.2, 0) is 6.54 Å². The van der Waals surface area contributed by atoms with Crippen molar-refractivity contribution in [2.24, 2.45) is 5.92 Å². The van der Waals surface area contributed by atoms with Crippen LogP contribution in [0.25, 0.3) is 16.6 Å². The summed E-state index contributed by atoms with van der Waals surface area (Å²) in [5.74, 6) is -1.37. The first kappa shape index (κ1) is 14.7. The summed E-state index contributed by atoms with van der Waals surface area (Å²) < 4.78 is 17.9. The second kappa shape index (κ2) is 5.33. The van der Waals surface area contributed by atoms with Gasteiger partial charge in [-0.05, 0) is 43.0 Å². The van der Waals surface area contributed by atoms with Crippen LogP contribution in [0.1, 0.15) is 23.2 Å². The maximum Gasteiger partial charge on any atom is 0.341 e. The van der Waals surface area contributed by atoms with Crippen LogP contribution in [0.2, 0.25) is 0 Å². The number of halogens is 1. The van der Waals surface area contributed by atoms with E-state index in [1.807, 2.05) is 0 Å². The van der Waals surface area contributed by atoms with Crippen LogP contribution in [0, 0.1) is 11.7 Å². The predicted molar refractivity (Wildman–Crippen MR) is 87.2 cm³/mol. The van der Waals surface area contributed by atoms with Crippen molar-refractivity contribution in [3.8, 4) is 5.69 Å². The van der Waals surface area contributed by atoms with E-state index in [2.05, 4.69) is 0 Å². The Morgan fingerprint density at radius 2 is 1.96 bits per heavy atom. The average Bonchev–Trinajstić information content (AvgIpc) is 3.19. The molecule has 1 fully saturated rings. The lowest BCUT2D eigenvalue weighted by atomic mass is 10.1. The van der Waals surface area contributed by atoms with Crippen LogP contribution < -0.4 is 5.43 Å². The molecule has 4 rings (SSSR count). The van der Waals surface area contributed by atoms with E-state index < -0.39 is 17.2 Å². The fourth-order valence-electron chi connectivity index (χ4n) is 2.97. The van der Waals surface area contributed by atoms with E-state index in [1.165, 1.54) is 6.20 Å². The summed E-state index contributed by atoms with van der Waals surface area (Å²) in [4.78, 5) is 23.8. The number of fused-ring (bicyclic) bond motifs is 1. The third kappa shape index (κ3) is 2.40. The molecule has 3 aromatic rings. The topological polar surface area (TPSA) is 64.2 Å². The van der Waals surface area contributed by atoms with Gasteiger partial charge in [0, 0.05) is 30.5 Å². The van der Waals surface area contributed by atoms with Crippen LogP contribution in [0.15, 0.2) is 47.7 Å². The molecule has 0 spiro atoms. The molecule has 5 nitrogen and oxygen atoms in total. The summed E-state index contributed by atoms with van der Waals surface area (Å²) >= 11 is 0. The molecule has 0 amide bonds. The molecule has 0 saturated heterocycles. The Labute approximate surface area is 136 Å². The zero-order valence-electron chi connectivity index (χ0n) is 12.8. The van der Waals surface area contributed by atoms with Crippen molar-refractivity contribution in [1.29, 1.82) is 0 Å². The molecular formula is C18H15FN2O3. The van der Waals surface area contributed by atoms with Gasteiger partial charge >= 0.3 is 5.97 Å². The first-order valence-corrected chi connectivity index (χ1v) is 7.78. The molecule has 2 heterocycles. The smallest absolute Gasteiger partial charge is 0.341 e. The molecule has 122 valence electrons. The zero-order chi connectivity index (χ0) is 16.8. The van der Waals surface area contributed by atoms with Crippen molar-refractivity contribution < 1.29 is 14.3 Å². The van der Waals surface area contributed by atoms with Gasteiger partial charge < -0.3 is 14.2 Å². The average molecular weight is 326 g/mol. The van der Waals surface area contributed by atoms with Gasteiger partial charge in [-0.3, -0.25) is 4.79 Å². The van der Waals surface area contributed by atoms with E-state index in [0.717, 1.165) is 18.9 Å². The number of hydrogen-bond acceptors (Lipinski definition) is 2. The number of rotatable bonds is 4. The normalized spacial score (nSPS) is 14.2. The first-order valence-electron chi connectivity index (χ1n) is 7.78. The van der Waals surface area contributed by atoms with Gasteiger partial charge in [0.15, 0.2) is 0 Å². The third-order valence-electron chi connectivity index (χ3n) is 4.41. The minimum atomic E-state index is -1.29. The standard InChI is InChI=1S/C18H15FN2O3/c19-14-7-12-15(8-16(14)20-5-1-2-6-20)21(9-11-3-4-11)10-13(17(12)22)18(23)24/h1-2,5-8,10-11H,3-4,9H2,(H,23,24). The molecule has 6 heteroatoms. The molecule has 0 unspecified atom stereocenters. The van der Waals surface area contributed by atoms with Gasteiger partial charge in [0.1, 0.15) is 11.4 Å². The van der Waals surface area contributed by atoms with Crippen molar-refractivity contribution in [1.82, 2.24) is 9.13 Å². The molecule has 1 aliphatic carbocycles. The summed E-state index contributed by atoms with van der Waals surface area (Å²) in [5, 5.41) is 9.36. The van der Waals surface area contributed by atoms with Crippen LogP contribution in [0.3, 0.4) is 0 Å². The Bertz CT molecular complexity index is 1000. The van der Waals surface area contributed by atoms with Crippen LogP contribution >= 0.6 is 0 Å². The number of benzene rings is 1. The molecule has 1 saturated carbocycles. The van der Waals surface area contributed by atoms with Gasteiger partial charge in [-0.1, -0.05) is 0 Å². The molecule has 1 aliphatic rings. The Kier molecular flexibility index (Phi) is 3.26. The summed E-state index contributed by atoms with van der Waals surface area (Å²) in [6.45, 7) is 0.633. The number of hydrogen-bond donors (Lipinski definition) is 1. The Morgan fingerprint density at radius 3 is 2.58 bits per heavy atom. The SMILES string of the molecule is O=C(O)c1cn(CC2CC2)c2cc(-n3cccc3)c(F)cc2c1=O. The second-order valence-electron chi connectivity index (χ2n) is 6.18. The number of pyridine rings is 1. The summed E-state index contributed by atoms with van der Waals surface area (Å²) in [6.07, 6.45) is 6.99. The number of carbonyl (C=O) groups is 1. The van der Waals surface area contributed by atoms with Crippen molar-refractivity contribution in [2.45, 2.75) is 19.4 Å².